The van der Waals surface area contributed by atoms with Crippen LogP contribution in [-0.4, -0.2) is 36.1 Å². The van der Waals surface area contributed by atoms with Gasteiger partial charge in [-0.15, -0.1) is 0 Å². The molecule has 0 bridgehead atoms. The van der Waals surface area contributed by atoms with Gasteiger partial charge in [0, 0.05) is 32.1 Å². The highest BCUT2D eigenvalue weighted by Gasteiger charge is 1.90. The topological polar surface area (TPSA) is 39.1 Å². The molecule has 4 nitrogen and oxygen atoms in total. The van der Waals surface area contributed by atoms with E-state index in [9.17, 15) is 0 Å². The first-order chi connectivity index (χ1) is 6.93. The lowest BCUT2D eigenvalue weighted by atomic mass is 10.4. The van der Waals surface area contributed by atoms with Gasteiger partial charge >= 0.3 is 0 Å². The molecule has 1 aromatic heterocycles. The highest BCUT2D eigenvalue weighted by molar-refractivity contribution is 4.77. The molecule has 0 aliphatic carbocycles. The summed E-state index contributed by atoms with van der Waals surface area (Å²) < 4.78 is 7.15. The summed E-state index contributed by atoms with van der Waals surface area (Å²) in [6, 6.07) is 1.95. The smallest absolute Gasteiger partial charge is 0.0590 e. The molecule has 80 valence electrons. The van der Waals surface area contributed by atoms with Crippen LogP contribution in [0.25, 0.3) is 0 Å². The second kappa shape index (κ2) is 7.53. The molecule has 0 fully saturated rings. The van der Waals surface area contributed by atoms with Crippen LogP contribution in [-0.2, 0) is 11.3 Å². The maximum absolute atomic E-state index is 5.21. The predicted molar refractivity (Wildman–Crippen MR) is 56.2 cm³/mol. The van der Waals surface area contributed by atoms with Crippen LogP contribution in [0.1, 0.15) is 13.3 Å². The van der Waals surface area contributed by atoms with Crippen molar-refractivity contribution < 1.29 is 4.74 Å². The zero-order chi connectivity index (χ0) is 10.1. The standard InChI is InChI=1S/C10H19N3O/c1-2-14-10-7-11-5-3-8-13-9-4-6-12-13/h4,6,9,11H,2-3,5,7-8,10H2,1H3. The lowest BCUT2D eigenvalue weighted by Crippen LogP contribution is -2.21. The molecular weight excluding hydrogens is 178 g/mol. The lowest BCUT2D eigenvalue weighted by Gasteiger charge is -2.04. The Morgan fingerprint density at radius 2 is 2.36 bits per heavy atom. The van der Waals surface area contributed by atoms with Gasteiger partial charge in [-0.25, -0.2) is 0 Å². The molecule has 0 amide bonds. The van der Waals surface area contributed by atoms with Crippen molar-refractivity contribution >= 4 is 0 Å². The summed E-state index contributed by atoms with van der Waals surface area (Å²) >= 11 is 0. The van der Waals surface area contributed by atoms with Crippen LogP contribution in [0.5, 0.6) is 0 Å². The van der Waals surface area contributed by atoms with E-state index in [0.717, 1.165) is 39.3 Å². The number of nitrogens with zero attached hydrogens (tertiary/aromatic N) is 2. The first-order valence-corrected chi connectivity index (χ1v) is 5.19. The molecule has 0 atom stereocenters. The fourth-order valence-corrected chi connectivity index (χ4v) is 1.21. The van der Waals surface area contributed by atoms with Gasteiger partial charge in [0.2, 0.25) is 0 Å². The summed E-state index contributed by atoms with van der Waals surface area (Å²) in [5.41, 5.74) is 0. The number of hydrogen-bond donors (Lipinski definition) is 1. The SMILES string of the molecule is CCOCCNCCCn1cccn1. The van der Waals surface area contributed by atoms with E-state index in [1.54, 1.807) is 0 Å². The van der Waals surface area contributed by atoms with Crippen molar-refractivity contribution in [2.75, 3.05) is 26.3 Å². The van der Waals surface area contributed by atoms with Gasteiger partial charge in [-0.3, -0.25) is 4.68 Å². The molecule has 0 saturated heterocycles. The van der Waals surface area contributed by atoms with E-state index in [4.69, 9.17) is 4.74 Å². The molecule has 0 aliphatic rings. The molecule has 14 heavy (non-hydrogen) atoms. The van der Waals surface area contributed by atoms with Gasteiger partial charge in [-0.2, -0.15) is 5.10 Å². The molecule has 0 aliphatic heterocycles. The van der Waals surface area contributed by atoms with Crippen molar-refractivity contribution in [1.82, 2.24) is 15.1 Å². The minimum absolute atomic E-state index is 0.801. The molecular formula is C10H19N3O. The summed E-state index contributed by atoms with van der Waals surface area (Å²) in [5.74, 6) is 0. The summed E-state index contributed by atoms with van der Waals surface area (Å²) in [7, 11) is 0. The van der Waals surface area contributed by atoms with E-state index in [2.05, 4.69) is 10.4 Å². The molecule has 0 unspecified atom stereocenters. The largest absolute Gasteiger partial charge is 0.380 e. The molecule has 0 saturated carbocycles. The number of aryl methyl sites for hydroxylation is 1. The third-order valence-corrected chi connectivity index (χ3v) is 1.93. The minimum atomic E-state index is 0.801. The summed E-state index contributed by atoms with van der Waals surface area (Å²) in [4.78, 5) is 0. The molecule has 0 aromatic carbocycles. The minimum Gasteiger partial charge on any atom is -0.380 e. The Hall–Kier alpha value is -0.870. The van der Waals surface area contributed by atoms with E-state index < -0.39 is 0 Å². The summed E-state index contributed by atoms with van der Waals surface area (Å²) in [6.07, 6.45) is 4.90. The van der Waals surface area contributed by atoms with Crippen LogP contribution in [0.15, 0.2) is 18.5 Å². The van der Waals surface area contributed by atoms with E-state index in [0.29, 0.717) is 0 Å². The molecule has 0 radical (unpaired) electrons. The van der Waals surface area contributed by atoms with Crippen molar-refractivity contribution in [2.45, 2.75) is 19.9 Å². The van der Waals surface area contributed by atoms with Gasteiger partial charge in [0.15, 0.2) is 0 Å². The van der Waals surface area contributed by atoms with Gasteiger partial charge in [0.25, 0.3) is 0 Å². The first kappa shape index (κ1) is 11.2. The third-order valence-electron chi connectivity index (χ3n) is 1.93. The molecule has 4 heteroatoms. The zero-order valence-corrected chi connectivity index (χ0v) is 8.78. The molecule has 1 heterocycles. The number of rotatable bonds is 8. The van der Waals surface area contributed by atoms with Gasteiger partial charge in [0.05, 0.1) is 6.61 Å². The Morgan fingerprint density at radius 3 is 3.07 bits per heavy atom. The first-order valence-electron chi connectivity index (χ1n) is 5.19. The number of aromatic nitrogens is 2. The van der Waals surface area contributed by atoms with Gasteiger partial charge in [-0.05, 0) is 26.0 Å². The Labute approximate surface area is 85.3 Å². The average Bonchev–Trinajstić information content (AvgIpc) is 2.69. The van der Waals surface area contributed by atoms with Crippen LogP contribution < -0.4 is 5.32 Å². The Morgan fingerprint density at radius 1 is 1.43 bits per heavy atom. The highest BCUT2D eigenvalue weighted by atomic mass is 16.5. The van der Waals surface area contributed by atoms with Crippen molar-refractivity contribution in [3.63, 3.8) is 0 Å². The van der Waals surface area contributed by atoms with Gasteiger partial charge in [-0.1, -0.05) is 0 Å². The van der Waals surface area contributed by atoms with Crippen molar-refractivity contribution in [3.8, 4) is 0 Å². The van der Waals surface area contributed by atoms with Crippen molar-refractivity contribution in [2.24, 2.45) is 0 Å². The van der Waals surface area contributed by atoms with Gasteiger partial charge in [0.1, 0.15) is 0 Å². The second-order valence-corrected chi connectivity index (χ2v) is 3.07. The fourth-order valence-electron chi connectivity index (χ4n) is 1.21. The maximum atomic E-state index is 5.21. The lowest BCUT2D eigenvalue weighted by molar-refractivity contribution is 0.149. The van der Waals surface area contributed by atoms with Crippen molar-refractivity contribution in [1.29, 1.82) is 0 Å². The quantitative estimate of drug-likeness (QED) is 0.629. The Bertz CT molecular complexity index is 211. The average molecular weight is 197 g/mol. The van der Waals surface area contributed by atoms with Crippen LogP contribution in [0.2, 0.25) is 0 Å². The molecule has 0 spiro atoms. The van der Waals surface area contributed by atoms with Gasteiger partial charge < -0.3 is 10.1 Å². The number of ether oxygens (including phenoxy) is 1. The zero-order valence-electron chi connectivity index (χ0n) is 8.78. The monoisotopic (exact) mass is 197 g/mol. The van der Waals surface area contributed by atoms with Crippen LogP contribution in [0.4, 0.5) is 0 Å². The normalized spacial score (nSPS) is 10.6. The number of hydrogen-bond acceptors (Lipinski definition) is 3. The molecule has 1 rings (SSSR count). The summed E-state index contributed by atoms with van der Waals surface area (Å²) in [5, 5.41) is 7.44. The van der Waals surface area contributed by atoms with E-state index in [1.165, 1.54) is 0 Å². The van der Waals surface area contributed by atoms with E-state index >= 15 is 0 Å². The van der Waals surface area contributed by atoms with Crippen molar-refractivity contribution in [3.05, 3.63) is 18.5 Å². The maximum Gasteiger partial charge on any atom is 0.0590 e. The van der Waals surface area contributed by atoms with Crippen LogP contribution >= 0.6 is 0 Å². The second-order valence-electron chi connectivity index (χ2n) is 3.07. The molecule has 1 aromatic rings. The third kappa shape index (κ3) is 4.99. The summed E-state index contributed by atoms with van der Waals surface area (Å²) in [6.45, 7) is 6.56. The fraction of sp³-hybridized carbons (Fsp3) is 0.700. The van der Waals surface area contributed by atoms with Crippen LogP contribution in [0.3, 0.4) is 0 Å². The predicted octanol–water partition coefficient (Wildman–Crippen LogP) is 0.899. The Balaban J connectivity index is 1.85. The molecule has 1 N–H and O–H groups in total. The van der Waals surface area contributed by atoms with E-state index in [1.807, 2.05) is 30.1 Å². The van der Waals surface area contributed by atoms with E-state index in [-0.39, 0.29) is 0 Å². The highest BCUT2D eigenvalue weighted by Crippen LogP contribution is 1.87. The Kier molecular flexibility index (Phi) is 6.02. The number of nitrogens with one attached hydrogen (secondary N) is 1. The van der Waals surface area contributed by atoms with Crippen LogP contribution in [0, 0.1) is 0 Å².